The summed E-state index contributed by atoms with van der Waals surface area (Å²) in [5.74, 6) is -0.436. The van der Waals surface area contributed by atoms with E-state index in [2.05, 4.69) is 10.4 Å². The number of benzene rings is 1. The van der Waals surface area contributed by atoms with Gasteiger partial charge < -0.3 is 15.0 Å². The van der Waals surface area contributed by atoms with Crippen molar-refractivity contribution in [2.75, 3.05) is 25.0 Å². The molecule has 7 heteroatoms. The maximum absolute atomic E-state index is 14.4. The first kappa shape index (κ1) is 16.4. The summed E-state index contributed by atoms with van der Waals surface area (Å²) in [6.45, 7) is 7.22. The van der Waals surface area contributed by atoms with Crippen molar-refractivity contribution in [3.05, 3.63) is 41.5 Å². The van der Waals surface area contributed by atoms with Crippen molar-refractivity contribution < 1.29 is 13.9 Å². The second-order valence-corrected chi connectivity index (χ2v) is 6.06. The molecule has 0 unspecified atom stereocenters. The molecule has 0 spiro atoms. The number of rotatable bonds is 2. The number of morpholine rings is 1. The average Bonchev–Trinajstić information content (AvgIpc) is 2.86. The third kappa shape index (κ3) is 3.41. The van der Waals surface area contributed by atoms with Gasteiger partial charge >= 0.3 is 6.03 Å². The van der Waals surface area contributed by atoms with Gasteiger partial charge in [0.05, 0.1) is 18.4 Å². The third-order valence-corrected chi connectivity index (χ3v) is 3.97. The highest BCUT2D eigenvalue weighted by Gasteiger charge is 2.21. The Balaban J connectivity index is 1.75. The standard InChI is InChI=1S/C17H21FN4O2/c1-11-8-12(2)22(20-11)16-5-4-14(9-15(16)18)19-17(23)21-6-7-24-13(3)10-21/h4-5,8-9,13H,6-7,10H2,1-3H3,(H,19,23)/t13-/m0/s1. The molecule has 1 saturated heterocycles. The van der Waals surface area contributed by atoms with E-state index in [0.29, 0.717) is 31.1 Å². The molecule has 2 aromatic rings. The Morgan fingerprint density at radius 1 is 1.38 bits per heavy atom. The molecule has 0 bridgehead atoms. The normalized spacial score (nSPS) is 17.8. The molecule has 1 aromatic heterocycles. The molecule has 6 nitrogen and oxygen atoms in total. The maximum atomic E-state index is 14.4. The molecule has 0 saturated carbocycles. The predicted molar refractivity (Wildman–Crippen MR) is 89.0 cm³/mol. The zero-order chi connectivity index (χ0) is 17.3. The molecule has 0 radical (unpaired) electrons. The van der Waals surface area contributed by atoms with Crippen LogP contribution in [0.15, 0.2) is 24.3 Å². The number of hydrogen-bond donors (Lipinski definition) is 1. The first-order valence-corrected chi connectivity index (χ1v) is 7.95. The van der Waals surface area contributed by atoms with E-state index < -0.39 is 5.82 Å². The van der Waals surface area contributed by atoms with Crippen LogP contribution in [0.5, 0.6) is 0 Å². The fraction of sp³-hybridized carbons (Fsp3) is 0.412. The number of amides is 2. The van der Waals surface area contributed by atoms with Crippen LogP contribution in [0, 0.1) is 19.7 Å². The molecule has 1 fully saturated rings. The number of carbonyl (C=O) groups is 1. The van der Waals surface area contributed by atoms with Crippen LogP contribution in [0.1, 0.15) is 18.3 Å². The number of hydrogen-bond acceptors (Lipinski definition) is 3. The van der Waals surface area contributed by atoms with Crippen molar-refractivity contribution in [3.8, 4) is 5.69 Å². The highest BCUT2D eigenvalue weighted by molar-refractivity contribution is 5.89. The summed E-state index contributed by atoms with van der Waals surface area (Å²) < 4.78 is 21.4. The number of nitrogens with zero attached hydrogens (tertiary/aromatic N) is 3. The molecule has 1 aromatic carbocycles. The number of halogens is 1. The van der Waals surface area contributed by atoms with E-state index in [0.717, 1.165) is 11.4 Å². The Morgan fingerprint density at radius 3 is 2.79 bits per heavy atom. The molecule has 2 heterocycles. The molecule has 128 valence electrons. The largest absolute Gasteiger partial charge is 0.375 e. The van der Waals surface area contributed by atoms with Gasteiger partial charge in [-0.3, -0.25) is 0 Å². The SMILES string of the molecule is Cc1cc(C)n(-c2ccc(NC(=O)N3CCO[C@@H](C)C3)cc2F)n1. The number of carbonyl (C=O) groups excluding carboxylic acids is 1. The minimum atomic E-state index is -0.436. The maximum Gasteiger partial charge on any atom is 0.322 e. The summed E-state index contributed by atoms with van der Waals surface area (Å²) in [6.07, 6.45) is 0.00893. The van der Waals surface area contributed by atoms with Crippen LogP contribution < -0.4 is 5.32 Å². The second kappa shape index (κ2) is 6.60. The summed E-state index contributed by atoms with van der Waals surface area (Å²) in [6, 6.07) is 6.24. The van der Waals surface area contributed by atoms with Crippen molar-refractivity contribution in [1.82, 2.24) is 14.7 Å². The zero-order valence-corrected chi connectivity index (χ0v) is 14.0. The van der Waals surface area contributed by atoms with E-state index in [9.17, 15) is 9.18 Å². The van der Waals surface area contributed by atoms with Crippen LogP contribution in [0.4, 0.5) is 14.9 Å². The lowest BCUT2D eigenvalue weighted by molar-refractivity contribution is -0.00138. The van der Waals surface area contributed by atoms with Gasteiger partial charge in [0.2, 0.25) is 0 Å². The molecule has 1 aliphatic rings. The van der Waals surface area contributed by atoms with Crippen LogP contribution >= 0.6 is 0 Å². The van der Waals surface area contributed by atoms with E-state index in [1.807, 2.05) is 26.8 Å². The van der Waals surface area contributed by atoms with Gasteiger partial charge in [-0.05, 0) is 45.0 Å². The van der Waals surface area contributed by atoms with Gasteiger partial charge in [-0.2, -0.15) is 5.10 Å². The van der Waals surface area contributed by atoms with Crippen LogP contribution in [0.2, 0.25) is 0 Å². The van der Waals surface area contributed by atoms with Gasteiger partial charge in [0.15, 0.2) is 5.82 Å². The highest BCUT2D eigenvalue weighted by atomic mass is 19.1. The van der Waals surface area contributed by atoms with E-state index in [1.54, 1.807) is 21.7 Å². The molecular formula is C17H21FN4O2. The fourth-order valence-corrected chi connectivity index (χ4v) is 2.83. The minimum absolute atomic E-state index is 0.00893. The summed E-state index contributed by atoms with van der Waals surface area (Å²) in [7, 11) is 0. The number of ether oxygens (including phenoxy) is 1. The number of anilines is 1. The Hall–Kier alpha value is -2.41. The van der Waals surface area contributed by atoms with E-state index in [1.165, 1.54) is 6.07 Å². The van der Waals surface area contributed by atoms with Crippen molar-refractivity contribution >= 4 is 11.7 Å². The smallest absolute Gasteiger partial charge is 0.322 e. The first-order chi connectivity index (χ1) is 11.4. The van der Waals surface area contributed by atoms with Gasteiger partial charge in [0, 0.05) is 24.5 Å². The Kier molecular flexibility index (Phi) is 4.53. The second-order valence-electron chi connectivity index (χ2n) is 6.06. The van der Waals surface area contributed by atoms with Crippen LogP contribution in [-0.2, 0) is 4.74 Å². The average molecular weight is 332 g/mol. The molecule has 1 atom stereocenters. The number of aromatic nitrogens is 2. The van der Waals surface area contributed by atoms with E-state index in [-0.39, 0.29) is 12.1 Å². The molecule has 3 rings (SSSR count). The number of urea groups is 1. The quantitative estimate of drug-likeness (QED) is 0.920. The summed E-state index contributed by atoms with van der Waals surface area (Å²) in [4.78, 5) is 13.9. The van der Waals surface area contributed by atoms with Crippen LogP contribution in [0.3, 0.4) is 0 Å². The predicted octanol–water partition coefficient (Wildman–Crippen LogP) is 2.88. The van der Waals surface area contributed by atoms with Gasteiger partial charge in [-0.25, -0.2) is 13.9 Å². The molecular weight excluding hydrogens is 311 g/mol. The van der Waals surface area contributed by atoms with Crippen molar-refractivity contribution in [2.45, 2.75) is 26.9 Å². The Morgan fingerprint density at radius 2 is 2.17 bits per heavy atom. The molecule has 1 aliphatic heterocycles. The third-order valence-electron chi connectivity index (χ3n) is 3.97. The molecule has 0 aliphatic carbocycles. The number of aryl methyl sites for hydroxylation is 2. The lowest BCUT2D eigenvalue weighted by atomic mass is 10.2. The summed E-state index contributed by atoms with van der Waals surface area (Å²) in [5, 5.41) is 7.01. The van der Waals surface area contributed by atoms with Gasteiger partial charge in [-0.15, -0.1) is 0 Å². The van der Waals surface area contributed by atoms with Crippen molar-refractivity contribution in [3.63, 3.8) is 0 Å². The zero-order valence-electron chi connectivity index (χ0n) is 14.0. The number of nitrogens with one attached hydrogen (secondary N) is 1. The van der Waals surface area contributed by atoms with E-state index >= 15 is 0 Å². The molecule has 2 amide bonds. The van der Waals surface area contributed by atoms with Crippen molar-refractivity contribution in [2.24, 2.45) is 0 Å². The van der Waals surface area contributed by atoms with E-state index in [4.69, 9.17) is 4.74 Å². The minimum Gasteiger partial charge on any atom is -0.375 e. The summed E-state index contributed by atoms with van der Waals surface area (Å²) in [5.41, 5.74) is 2.46. The first-order valence-electron chi connectivity index (χ1n) is 7.95. The molecule has 24 heavy (non-hydrogen) atoms. The highest BCUT2D eigenvalue weighted by Crippen LogP contribution is 2.20. The van der Waals surface area contributed by atoms with Crippen molar-refractivity contribution in [1.29, 1.82) is 0 Å². The topological polar surface area (TPSA) is 59.4 Å². The van der Waals surface area contributed by atoms with Gasteiger partial charge in [-0.1, -0.05) is 0 Å². The van der Waals surface area contributed by atoms with Crippen LogP contribution in [0.25, 0.3) is 5.69 Å². The van der Waals surface area contributed by atoms with Gasteiger partial charge in [0.25, 0.3) is 0 Å². The van der Waals surface area contributed by atoms with Crippen LogP contribution in [-0.4, -0.2) is 46.5 Å². The monoisotopic (exact) mass is 332 g/mol. The lowest BCUT2D eigenvalue weighted by Crippen LogP contribution is -2.46. The fourth-order valence-electron chi connectivity index (χ4n) is 2.83. The Labute approximate surface area is 140 Å². The Bertz CT molecular complexity index is 759. The lowest BCUT2D eigenvalue weighted by Gasteiger charge is -2.31. The molecule has 1 N–H and O–H groups in total. The van der Waals surface area contributed by atoms with Gasteiger partial charge in [0.1, 0.15) is 5.69 Å². The summed E-state index contributed by atoms with van der Waals surface area (Å²) >= 11 is 0.